The number of carbonyl (C=O) groups excluding carboxylic acids is 1. The number of hydrogen-bond acceptors (Lipinski definition) is 4. The van der Waals surface area contributed by atoms with Gasteiger partial charge >= 0.3 is 5.97 Å². The average Bonchev–Trinajstić information content (AvgIpc) is 3.38. The first-order chi connectivity index (χ1) is 13.5. The van der Waals surface area contributed by atoms with E-state index in [0.717, 1.165) is 21.1 Å². The van der Waals surface area contributed by atoms with E-state index in [2.05, 4.69) is 4.98 Å². The number of benzene rings is 1. The highest BCUT2D eigenvalue weighted by Crippen LogP contribution is 2.39. The van der Waals surface area contributed by atoms with Gasteiger partial charge in [0.2, 0.25) is 0 Å². The van der Waals surface area contributed by atoms with Gasteiger partial charge in [0.25, 0.3) is 5.91 Å². The zero-order valence-electron chi connectivity index (χ0n) is 16.2. The van der Waals surface area contributed by atoms with E-state index in [1.165, 1.54) is 25.7 Å². The first-order valence-corrected chi connectivity index (χ1v) is 10.9. The minimum Gasteiger partial charge on any atom is -0.481 e. The molecule has 28 heavy (non-hydrogen) atoms. The van der Waals surface area contributed by atoms with Gasteiger partial charge in [0.1, 0.15) is 4.88 Å². The molecule has 1 N–H and O–H groups in total. The van der Waals surface area contributed by atoms with Gasteiger partial charge in [0.05, 0.1) is 16.1 Å². The van der Waals surface area contributed by atoms with Gasteiger partial charge in [-0.25, -0.2) is 4.98 Å². The lowest BCUT2D eigenvalue weighted by Gasteiger charge is -2.39. The molecule has 2 fully saturated rings. The molecule has 0 bridgehead atoms. The van der Waals surface area contributed by atoms with Gasteiger partial charge in [-0.15, -0.1) is 11.3 Å². The molecule has 2 heterocycles. The van der Waals surface area contributed by atoms with E-state index in [4.69, 9.17) is 0 Å². The first kappa shape index (κ1) is 19.1. The molecule has 1 aliphatic carbocycles. The van der Waals surface area contributed by atoms with Gasteiger partial charge in [-0.3, -0.25) is 9.59 Å². The van der Waals surface area contributed by atoms with Crippen LogP contribution in [-0.4, -0.2) is 40.0 Å². The maximum Gasteiger partial charge on any atom is 0.314 e. The van der Waals surface area contributed by atoms with Gasteiger partial charge in [-0.05, 0) is 38.2 Å². The summed E-state index contributed by atoms with van der Waals surface area (Å²) in [5.74, 6) is -0.293. The Morgan fingerprint density at radius 3 is 2.39 bits per heavy atom. The minimum absolute atomic E-state index is 0.00583. The molecule has 1 amide bonds. The Kier molecular flexibility index (Phi) is 5.23. The highest BCUT2D eigenvalue weighted by atomic mass is 32.1. The van der Waals surface area contributed by atoms with E-state index < -0.39 is 11.4 Å². The Morgan fingerprint density at radius 2 is 1.79 bits per heavy atom. The van der Waals surface area contributed by atoms with Crippen molar-refractivity contribution in [2.24, 2.45) is 0 Å². The number of aromatic nitrogens is 1. The summed E-state index contributed by atoms with van der Waals surface area (Å²) < 4.78 is 0. The zero-order chi connectivity index (χ0) is 19.7. The molecule has 1 saturated heterocycles. The van der Waals surface area contributed by atoms with Crippen molar-refractivity contribution < 1.29 is 14.7 Å². The number of carboxylic acid groups (broad SMARTS) is 1. The molecule has 148 valence electrons. The summed E-state index contributed by atoms with van der Waals surface area (Å²) >= 11 is 1.54. The van der Waals surface area contributed by atoms with Crippen molar-refractivity contribution in [3.05, 3.63) is 51.5 Å². The summed E-state index contributed by atoms with van der Waals surface area (Å²) in [6.45, 7) is 2.82. The van der Waals surface area contributed by atoms with Gasteiger partial charge in [0, 0.05) is 19.0 Å². The number of rotatable bonds is 4. The Morgan fingerprint density at radius 1 is 1.14 bits per heavy atom. The maximum absolute atomic E-state index is 13.1. The molecule has 2 aromatic rings. The van der Waals surface area contributed by atoms with E-state index in [1.54, 1.807) is 11.3 Å². The van der Waals surface area contributed by atoms with Crippen molar-refractivity contribution >= 4 is 23.2 Å². The number of amides is 1. The molecular weight excluding hydrogens is 372 g/mol. The van der Waals surface area contributed by atoms with Crippen LogP contribution >= 0.6 is 11.3 Å². The molecule has 0 atom stereocenters. The third kappa shape index (κ3) is 3.34. The fraction of sp³-hybridized carbons (Fsp3) is 0.500. The van der Waals surface area contributed by atoms with Crippen LogP contribution in [-0.2, 0) is 10.2 Å². The minimum atomic E-state index is -0.907. The van der Waals surface area contributed by atoms with Crippen molar-refractivity contribution in [3.8, 4) is 0 Å². The van der Waals surface area contributed by atoms with Crippen LogP contribution in [0.15, 0.2) is 30.3 Å². The van der Waals surface area contributed by atoms with Crippen LogP contribution in [0.2, 0.25) is 0 Å². The number of aliphatic carboxylic acids is 1. The van der Waals surface area contributed by atoms with Crippen LogP contribution in [0.25, 0.3) is 0 Å². The van der Waals surface area contributed by atoms with Gasteiger partial charge in [0.15, 0.2) is 0 Å². The fourth-order valence-corrected chi connectivity index (χ4v) is 5.79. The lowest BCUT2D eigenvalue weighted by Crippen LogP contribution is -2.49. The topological polar surface area (TPSA) is 70.5 Å². The number of hydrogen-bond donors (Lipinski definition) is 1. The molecule has 1 aromatic carbocycles. The summed E-state index contributed by atoms with van der Waals surface area (Å²) in [5, 5.41) is 11.0. The normalized spacial score (nSPS) is 19.7. The Bertz CT molecular complexity index is 863. The molecule has 0 spiro atoms. The summed E-state index contributed by atoms with van der Waals surface area (Å²) in [5.41, 5.74) is 0.734. The van der Waals surface area contributed by atoms with Crippen molar-refractivity contribution in [1.82, 2.24) is 9.88 Å². The van der Waals surface area contributed by atoms with Crippen LogP contribution in [0.1, 0.15) is 70.4 Å². The largest absolute Gasteiger partial charge is 0.481 e. The summed E-state index contributed by atoms with van der Waals surface area (Å²) in [6.07, 6.45) is 5.70. The second kappa shape index (κ2) is 7.66. The second-order valence-electron chi connectivity index (χ2n) is 7.99. The molecule has 1 aromatic heterocycles. The molecule has 4 rings (SSSR count). The predicted molar refractivity (Wildman–Crippen MR) is 109 cm³/mol. The third-order valence-electron chi connectivity index (χ3n) is 6.35. The lowest BCUT2D eigenvalue weighted by molar-refractivity contribution is -0.145. The molecule has 1 aliphatic heterocycles. The first-order valence-electron chi connectivity index (χ1n) is 10.1. The number of carbonyl (C=O) groups is 2. The van der Waals surface area contributed by atoms with Gasteiger partial charge in [-0.2, -0.15) is 0 Å². The molecule has 2 aliphatic rings. The molecule has 5 nitrogen and oxygen atoms in total. The molecule has 0 unspecified atom stereocenters. The zero-order valence-corrected chi connectivity index (χ0v) is 17.0. The second-order valence-corrected chi connectivity index (χ2v) is 9.02. The quantitative estimate of drug-likeness (QED) is 0.830. The van der Waals surface area contributed by atoms with Crippen LogP contribution < -0.4 is 0 Å². The number of piperidine rings is 1. The highest BCUT2D eigenvalue weighted by molar-refractivity contribution is 7.13. The number of likely N-dealkylation sites (tertiary alicyclic amines) is 1. The smallest absolute Gasteiger partial charge is 0.314 e. The average molecular weight is 399 g/mol. The summed E-state index contributed by atoms with van der Waals surface area (Å²) in [6, 6.07) is 9.41. The van der Waals surface area contributed by atoms with Crippen molar-refractivity contribution in [2.45, 2.75) is 56.8 Å². The Labute approximate surface area is 169 Å². The Balaban J connectivity index is 1.50. The number of thiazole rings is 1. The van der Waals surface area contributed by atoms with E-state index in [9.17, 15) is 14.7 Å². The number of carboxylic acids is 1. The van der Waals surface area contributed by atoms with Crippen LogP contribution in [0.4, 0.5) is 0 Å². The van der Waals surface area contributed by atoms with Gasteiger partial charge in [-0.1, -0.05) is 43.2 Å². The summed E-state index contributed by atoms with van der Waals surface area (Å²) in [7, 11) is 0. The lowest BCUT2D eigenvalue weighted by atomic mass is 9.73. The van der Waals surface area contributed by atoms with Crippen molar-refractivity contribution in [3.63, 3.8) is 0 Å². The van der Waals surface area contributed by atoms with Gasteiger partial charge < -0.3 is 10.0 Å². The maximum atomic E-state index is 13.1. The van der Waals surface area contributed by atoms with Crippen molar-refractivity contribution in [1.29, 1.82) is 0 Å². The number of nitrogens with zero attached hydrogens (tertiary/aromatic N) is 2. The van der Waals surface area contributed by atoms with E-state index in [0.29, 0.717) is 31.8 Å². The molecule has 0 radical (unpaired) electrons. The standard InChI is InChI=1S/C22H26N2O3S/c1-15-18(28-19(23-15)16-7-5-6-8-16)20(25)24-13-11-22(12-14-24,21(26)27)17-9-3-2-4-10-17/h2-4,9-10,16H,5-8,11-14H2,1H3,(H,26,27). The predicted octanol–water partition coefficient (Wildman–Crippen LogP) is 4.37. The van der Waals surface area contributed by atoms with Crippen LogP contribution in [0.3, 0.4) is 0 Å². The van der Waals surface area contributed by atoms with E-state index in [-0.39, 0.29) is 5.91 Å². The molecule has 6 heteroatoms. The summed E-state index contributed by atoms with van der Waals surface area (Å²) in [4.78, 5) is 32.5. The van der Waals surface area contributed by atoms with E-state index in [1.807, 2.05) is 42.2 Å². The molecule has 1 saturated carbocycles. The SMILES string of the molecule is Cc1nc(C2CCCC2)sc1C(=O)N1CCC(C(=O)O)(c2ccccc2)CC1. The van der Waals surface area contributed by atoms with E-state index >= 15 is 0 Å². The van der Waals surface area contributed by atoms with Crippen molar-refractivity contribution in [2.75, 3.05) is 13.1 Å². The highest BCUT2D eigenvalue weighted by Gasteiger charge is 2.44. The molecular formula is C22H26N2O3S. The van der Waals surface area contributed by atoms with Crippen LogP contribution in [0.5, 0.6) is 0 Å². The van der Waals surface area contributed by atoms with Crippen LogP contribution in [0, 0.1) is 6.92 Å². The number of aryl methyl sites for hydroxylation is 1. The fourth-order valence-electron chi connectivity index (χ4n) is 4.58. The Hall–Kier alpha value is -2.21. The monoisotopic (exact) mass is 398 g/mol. The third-order valence-corrected chi connectivity index (χ3v) is 7.66.